The van der Waals surface area contributed by atoms with Gasteiger partial charge < -0.3 is 11.1 Å². The van der Waals surface area contributed by atoms with E-state index in [1.54, 1.807) is 11.4 Å². The minimum atomic E-state index is -4.86. The third kappa shape index (κ3) is 5.76. The molecule has 192 valence electrons. The fourth-order valence-electron chi connectivity index (χ4n) is 3.88. The Morgan fingerprint density at radius 1 is 1.17 bits per heavy atom. The van der Waals surface area contributed by atoms with E-state index in [-0.39, 0.29) is 24.1 Å². The van der Waals surface area contributed by atoms with Crippen molar-refractivity contribution < 1.29 is 31.2 Å². The van der Waals surface area contributed by atoms with Gasteiger partial charge in [-0.05, 0) is 55.2 Å². The van der Waals surface area contributed by atoms with Crippen LogP contribution >= 0.6 is 22.7 Å². The van der Waals surface area contributed by atoms with Crippen LogP contribution in [0, 0.1) is 0 Å². The molecule has 0 fully saturated rings. The van der Waals surface area contributed by atoms with E-state index >= 15 is 0 Å². The molecule has 0 aliphatic heterocycles. The van der Waals surface area contributed by atoms with E-state index < -0.39 is 44.4 Å². The summed E-state index contributed by atoms with van der Waals surface area (Å²) in [5.74, 6) is -1.80. The number of thiophene rings is 2. The molecular formula is C22H21F3N4O4S3. The predicted octanol–water partition coefficient (Wildman–Crippen LogP) is 4.46. The van der Waals surface area contributed by atoms with Crippen LogP contribution in [0.2, 0.25) is 0 Å². The van der Waals surface area contributed by atoms with Gasteiger partial charge in [-0.15, -0.1) is 22.7 Å². The van der Waals surface area contributed by atoms with E-state index in [0.29, 0.717) is 22.4 Å². The van der Waals surface area contributed by atoms with Gasteiger partial charge in [0, 0.05) is 11.3 Å². The van der Waals surface area contributed by atoms with Crippen LogP contribution in [0.15, 0.2) is 28.7 Å². The standard InChI is InChI=1S/C22H21F3N4O4S3/c23-22(24,25)16-11-13(15-7-3-9-34-15)27-21(28-16)36(32,33)10-4-8-17(30)29-20-18(19(26)31)12-5-1-2-6-14(12)35-20/h3,7,9,11H,1-2,4-6,8,10H2,(H2,26,31)(H,29,30). The second-order valence-corrected chi connectivity index (χ2v) is 12.2. The number of fused-ring (bicyclic) bond motifs is 1. The maximum Gasteiger partial charge on any atom is 0.433 e. The minimum absolute atomic E-state index is 0.149. The van der Waals surface area contributed by atoms with Gasteiger partial charge in [0.05, 0.1) is 21.9 Å². The molecule has 0 radical (unpaired) electrons. The van der Waals surface area contributed by atoms with E-state index in [1.165, 1.54) is 17.4 Å². The molecular weight excluding hydrogens is 537 g/mol. The zero-order valence-electron chi connectivity index (χ0n) is 18.7. The molecule has 0 unspecified atom stereocenters. The quantitative estimate of drug-likeness (QED) is 0.393. The number of hydrogen-bond donors (Lipinski definition) is 2. The molecule has 3 N–H and O–H groups in total. The van der Waals surface area contributed by atoms with Crippen molar-refractivity contribution in [1.82, 2.24) is 9.97 Å². The molecule has 0 bridgehead atoms. The molecule has 0 aromatic carbocycles. The lowest BCUT2D eigenvalue weighted by Gasteiger charge is -2.11. The van der Waals surface area contributed by atoms with Gasteiger partial charge in [0.25, 0.3) is 5.91 Å². The molecule has 4 rings (SSSR count). The first-order chi connectivity index (χ1) is 17.0. The summed E-state index contributed by atoms with van der Waals surface area (Å²) in [7, 11) is -4.32. The third-order valence-electron chi connectivity index (χ3n) is 5.54. The molecule has 3 aromatic heterocycles. The van der Waals surface area contributed by atoms with Crippen LogP contribution in [-0.4, -0.2) is 36.0 Å². The molecule has 1 aliphatic rings. The average Bonchev–Trinajstić information content (AvgIpc) is 3.46. The fraction of sp³-hybridized carbons (Fsp3) is 0.364. The van der Waals surface area contributed by atoms with Crippen LogP contribution < -0.4 is 11.1 Å². The first-order valence-corrected chi connectivity index (χ1v) is 14.3. The van der Waals surface area contributed by atoms with E-state index in [9.17, 15) is 31.2 Å². The Balaban J connectivity index is 1.47. The first kappa shape index (κ1) is 26.2. The summed E-state index contributed by atoms with van der Waals surface area (Å²) in [6, 6.07) is 3.84. The molecule has 1 aliphatic carbocycles. The number of sulfone groups is 1. The van der Waals surface area contributed by atoms with E-state index in [1.807, 2.05) is 0 Å². The summed E-state index contributed by atoms with van der Waals surface area (Å²) in [4.78, 5) is 32.9. The highest BCUT2D eigenvalue weighted by Gasteiger charge is 2.35. The molecule has 0 atom stereocenters. The van der Waals surface area contributed by atoms with Crippen molar-refractivity contribution in [3.63, 3.8) is 0 Å². The molecule has 0 saturated heterocycles. The maximum absolute atomic E-state index is 13.4. The minimum Gasteiger partial charge on any atom is -0.365 e. The number of nitrogens with zero attached hydrogens (tertiary/aromatic N) is 2. The summed E-state index contributed by atoms with van der Waals surface area (Å²) in [5, 5.41) is 3.66. The van der Waals surface area contributed by atoms with Crippen molar-refractivity contribution in [3.8, 4) is 10.6 Å². The van der Waals surface area contributed by atoms with Gasteiger partial charge in [0.15, 0.2) is 0 Å². The van der Waals surface area contributed by atoms with Crippen molar-refractivity contribution in [2.45, 2.75) is 49.9 Å². The number of rotatable bonds is 8. The number of carbonyl (C=O) groups is 2. The van der Waals surface area contributed by atoms with E-state index in [0.717, 1.165) is 41.0 Å². The molecule has 14 heteroatoms. The summed E-state index contributed by atoms with van der Waals surface area (Å²) in [6.07, 6.45) is -1.90. The van der Waals surface area contributed by atoms with Gasteiger partial charge in [0.1, 0.15) is 10.7 Å². The molecule has 2 amide bonds. The Bertz CT molecular complexity index is 1400. The number of amides is 2. The lowest BCUT2D eigenvalue weighted by molar-refractivity contribution is -0.141. The Labute approximate surface area is 212 Å². The summed E-state index contributed by atoms with van der Waals surface area (Å²) in [6.45, 7) is 0. The Kier molecular flexibility index (Phi) is 7.48. The lowest BCUT2D eigenvalue weighted by atomic mass is 9.95. The number of nitrogens with two attached hydrogens (primary N) is 1. The highest BCUT2D eigenvalue weighted by atomic mass is 32.2. The zero-order chi connectivity index (χ0) is 26.1. The first-order valence-electron chi connectivity index (χ1n) is 10.9. The van der Waals surface area contributed by atoms with Crippen molar-refractivity contribution in [3.05, 3.63) is 45.3 Å². The fourth-order valence-corrected chi connectivity index (χ4v) is 7.06. The normalized spacial score (nSPS) is 13.9. The molecule has 8 nitrogen and oxygen atoms in total. The number of anilines is 1. The van der Waals surface area contributed by atoms with Crippen LogP contribution in [0.1, 0.15) is 52.2 Å². The molecule has 0 spiro atoms. The van der Waals surface area contributed by atoms with Crippen molar-refractivity contribution in [1.29, 1.82) is 0 Å². The number of aromatic nitrogens is 2. The monoisotopic (exact) mass is 558 g/mol. The molecule has 0 saturated carbocycles. The highest BCUT2D eigenvalue weighted by Crippen LogP contribution is 2.38. The van der Waals surface area contributed by atoms with Gasteiger partial charge in [-0.2, -0.15) is 13.2 Å². The van der Waals surface area contributed by atoms with Crippen LogP contribution in [0.3, 0.4) is 0 Å². The molecule has 3 heterocycles. The van der Waals surface area contributed by atoms with Crippen LogP contribution in [0.25, 0.3) is 10.6 Å². The van der Waals surface area contributed by atoms with E-state index in [2.05, 4.69) is 15.3 Å². The van der Waals surface area contributed by atoms with Crippen LogP contribution in [0.5, 0.6) is 0 Å². The smallest absolute Gasteiger partial charge is 0.365 e. The van der Waals surface area contributed by atoms with E-state index in [4.69, 9.17) is 5.73 Å². The zero-order valence-corrected chi connectivity index (χ0v) is 21.2. The van der Waals surface area contributed by atoms with Gasteiger partial charge in [0.2, 0.25) is 20.9 Å². The second kappa shape index (κ2) is 10.3. The number of aryl methyl sites for hydroxylation is 1. The van der Waals surface area contributed by atoms with Gasteiger partial charge in [-0.25, -0.2) is 18.4 Å². The van der Waals surface area contributed by atoms with Crippen molar-refractivity contribution in [2.24, 2.45) is 5.73 Å². The number of halogens is 3. The SMILES string of the molecule is NC(=O)c1c(NC(=O)CCCS(=O)(=O)c2nc(-c3cccs3)cc(C(F)(F)F)n2)sc2c1CCCC2. The third-order valence-corrected chi connectivity index (χ3v) is 9.20. The number of hydrogen-bond acceptors (Lipinski definition) is 8. The van der Waals surface area contributed by atoms with Gasteiger partial charge >= 0.3 is 6.18 Å². The largest absolute Gasteiger partial charge is 0.433 e. The number of primary amides is 1. The molecule has 36 heavy (non-hydrogen) atoms. The number of alkyl halides is 3. The lowest BCUT2D eigenvalue weighted by Crippen LogP contribution is -2.20. The van der Waals surface area contributed by atoms with Crippen LogP contribution in [-0.2, 0) is 33.6 Å². The summed E-state index contributed by atoms with van der Waals surface area (Å²) in [5.41, 5.74) is 5.14. The number of carbonyl (C=O) groups excluding carboxylic acids is 2. The summed E-state index contributed by atoms with van der Waals surface area (Å²) >= 11 is 2.39. The highest BCUT2D eigenvalue weighted by molar-refractivity contribution is 7.91. The summed E-state index contributed by atoms with van der Waals surface area (Å²) < 4.78 is 65.6. The Morgan fingerprint density at radius 2 is 1.92 bits per heavy atom. The van der Waals surface area contributed by atoms with Crippen LogP contribution in [0.4, 0.5) is 18.2 Å². The van der Waals surface area contributed by atoms with Crippen molar-refractivity contribution >= 4 is 49.3 Å². The maximum atomic E-state index is 13.4. The average molecular weight is 559 g/mol. The van der Waals surface area contributed by atoms with Gasteiger partial charge in [-0.1, -0.05) is 6.07 Å². The van der Waals surface area contributed by atoms with Crippen molar-refractivity contribution in [2.75, 3.05) is 11.1 Å². The van der Waals surface area contributed by atoms with Gasteiger partial charge in [-0.3, -0.25) is 9.59 Å². The number of nitrogens with one attached hydrogen (secondary N) is 1. The topological polar surface area (TPSA) is 132 Å². The Morgan fingerprint density at radius 3 is 2.58 bits per heavy atom. The predicted molar refractivity (Wildman–Crippen MR) is 130 cm³/mol. The Hall–Kier alpha value is -2.84. The molecule has 3 aromatic rings. The second-order valence-electron chi connectivity index (χ2n) is 8.15.